The van der Waals surface area contributed by atoms with Crippen molar-refractivity contribution >= 4 is 26.9 Å². The summed E-state index contributed by atoms with van der Waals surface area (Å²) in [5, 5.41) is 4.60. The quantitative estimate of drug-likeness (QED) is 0.462. The van der Waals surface area contributed by atoms with Gasteiger partial charge in [-0.3, -0.25) is 9.48 Å². The third-order valence-electron chi connectivity index (χ3n) is 4.58. The van der Waals surface area contributed by atoms with Gasteiger partial charge in [0, 0.05) is 35.4 Å². The molecule has 0 aliphatic heterocycles. The molecule has 0 bridgehead atoms. The Morgan fingerprint density at radius 1 is 1.04 bits per heavy atom. The predicted octanol–water partition coefficient (Wildman–Crippen LogP) is 4.64. The van der Waals surface area contributed by atoms with Gasteiger partial charge in [-0.15, -0.1) is 0 Å². The average Bonchev–Trinajstić information content (AvgIpc) is 3.12. The molecule has 0 aliphatic carbocycles. The maximum Gasteiger partial charge on any atom is 0.197 e. The molecular formula is C21H17BrN2O4. The number of hydrogen-bond donors (Lipinski definition) is 0. The van der Waals surface area contributed by atoms with Crippen molar-refractivity contribution in [2.75, 3.05) is 14.2 Å². The van der Waals surface area contributed by atoms with Gasteiger partial charge in [0.15, 0.2) is 11.0 Å². The number of aryl methyl sites for hydroxylation is 1. The Hall–Kier alpha value is -3.06. The molecule has 0 N–H and O–H groups in total. The van der Waals surface area contributed by atoms with Crippen molar-refractivity contribution < 1.29 is 13.9 Å². The van der Waals surface area contributed by atoms with Crippen molar-refractivity contribution in [3.8, 4) is 34.1 Å². The minimum Gasteiger partial charge on any atom is -0.496 e. The van der Waals surface area contributed by atoms with Crippen LogP contribution in [0, 0.1) is 0 Å². The Balaban J connectivity index is 2.13. The summed E-state index contributed by atoms with van der Waals surface area (Å²) < 4.78 is 19.9. The summed E-state index contributed by atoms with van der Waals surface area (Å²) in [5.41, 5.74) is 2.40. The van der Waals surface area contributed by atoms with Crippen LogP contribution in [0.4, 0.5) is 0 Å². The van der Waals surface area contributed by atoms with Gasteiger partial charge in [-0.25, -0.2) is 0 Å². The molecule has 28 heavy (non-hydrogen) atoms. The fourth-order valence-corrected chi connectivity index (χ4v) is 3.48. The molecule has 4 rings (SSSR count). The molecule has 4 aromatic rings. The Morgan fingerprint density at radius 2 is 1.75 bits per heavy atom. The molecule has 0 saturated heterocycles. The van der Waals surface area contributed by atoms with Gasteiger partial charge in [0.2, 0.25) is 0 Å². The van der Waals surface area contributed by atoms with Crippen LogP contribution in [-0.4, -0.2) is 24.0 Å². The topological polar surface area (TPSA) is 66.5 Å². The predicted molar refractivity (Wildman–Crippen MR) is 111 cm³/mol. The fraction of sp³-hybridized carbons (Fsp3) is 0.143. The highest BCUT2D eigenvalue weighted by Gasteiger charge is 2.22. The SMILES string of the molecule is COc1cc(OC)c2c(=O)cc(-c3ccc(Br)cc3)oc2c1-c1ccnn1C. The van der Waals surface area contributed by atoms with E-state index in [9.17, 15) is 4.79 Å². The van der Waals surface area contributed by atoms with Crippen LogP contribution in [0.15, 0.2) is 62.3 Å². The molecule has 0 unspecified atom stereocenters. The van der Waals surface area contributed by atoms with Gasteiger partial charge in [0.25, 0.3) is 0 Å². The zero-order valence-electron chi connectivity index (χ0n) is 15.5. The van der Waals surface area contributed by atoms with E-state index in [0.29, 0.717) is 33.8 Å². The third kappa shape index (κ3) is 2.97. The molecule has 0 amide bonds. The van der Waals surface area contributed by atoms with E-state index < -0.39 is 0 Å². The number of hydrogen-bond acceptors (Lipinski definition) is 5. The number of methoxy groups -OCH3 is 2. The Labute approximate surface area is 169 Å². The van der Waals surface area contributed by atoms with E-state index in [1.54, 1.807) is 24.1 Å². The number of fused-ring (bicyclic) bond motifs is 1. The standard InChI is InChI=1S/C21H17BrN2O4/c1-24-14(8-9-23-24)19-17(26-2)11-18(27-3)20-15(25)10-16(28-21(19)20)12-4-6-13(22)7-5-12/h4-11H,1-3H3. The second-order valence-corrected chi connectivity index (χ2v) is 7.10. The smallest absolute Gasteiger partial charge is 0.197 e. The number of nitrogens with zero attached hydrogens (tertiary/aromatic N) is 2. The molecule has 142 valence electrons. The van der Waals surface area contributed by atoms with E-state index in [1.165, 1.54) is 13.2 Å². The first kappa shape index (κ1) is 18.3. The Bertz CT molecular complexity index is 1230. The van der Waals surface area contributed by atoms with Crippen molar-refractivity contribution in [1.82, 2.24) is 9.78 Å². The Kier molecular flexibility index (Phi) is 4.68. The van der Waals surface area contributed by atoms with Crippen molar-refractivity contribution in [1.29, 1.82) is 0 Å². The van der Waals surface area contributed by atoms with Crippen LogP contribution in [0.2, 0.25) is 0 Å². The average molecular weight is 441 g/mol. The molecule has 6 nitrogen and oxygen atoms in total. The van der Waals surface area contributed by atoms with Crippen molar-refractivity contribution in [3.05, 3.63) is 63.4 Å². The first-order chi connectivity index (χ1) is 13.5. The first-order valence-electron chi connectivity index (χ1n) is 8.50. The summed E-state index contributed by atoms with van der Waals surface area (Å²) in [7, 11) is 4.90. The molecule has 2 heterocycles. The lowest BCUT2D eigenvalue weighted by Crippen LogP contribution is -2.06. The first-order valence-corrected chi connectivity index (χ1v) is 9.30. The number of ether oxygens (including phenoxy) is 2. The minimum absolute atomic E-state index is 0.193. The summed E-state index contributed by atoms with van der Waals surface area (Å²) in [6, 6.07) is 12.6. The summed E-state index contributed by atoms with van der Waals surface area (Å²) >= 11 is 3.42. The van der Waals surface area contributed by atoms with Crippen LogP contribution < -0.4 is 14.9 Å². The van der Waals surface area contributed by atoms with Crippen molar-refractivity contribution in [2.45, 2.75) is 0 Å². The zero-order valence-corrected chi connectivity index (χ0v) is 17.1. The van der Waals surface area contributed by atoms with E-state index >= 15 is 0 Å². The van der Waals surface area contributed by atoms with E-state index in [-0.39, 0.29) is 5.43 Å². The molecule has 2 aromatic carbocycles. The number of aromatic nitrogens is 2. The minimum atomic E-state index is -0.193. The molecule has 0 atom stereocenters. The van der Waals surface area contributed by atoms with Gasteiger partial charge >= 0.3 is 0 Å². The van der Waals surface area contributed by atoms with Crippen LogP contribution in [0.5, 0.6) is 11.5 Å². The van der Waals surface area contributed by atoms with Gasteiger partial charge in [0.1, 0.15) is 22.6 Å². The molecule has 0 spiro atoms. The molecule has 2 aromatic heterocycles. The van der Waals surface area contributed by atoms with Crippen LogP contribution >= 0.6 is 15.9 Å². The van der Waals surface area contributed by atoms with Crippen molar-refractivity contribution in [2.24, 2.45) is 7.05 Å². The summed E-state index contributed by atoms with van der Waals surface area (Å²) in [6.07, 6.45) is 1.68. The van der Waals surface area contributed by atoms with E-state index in [1.807, 2.05) is 37.4 Å². The largest absolute Gasteiger partial charge is 0.496 e. The number of benzene rings is 2. The maximum absolute atomic E-state index is 13.0. The van der Waals surface area contributed by atoms with Gasteiger partial charge in [0.05, 0.1) is 25.5 Å². The van der Waals surface area contributed by atoms with Crippen LogP contribution in [0.25, 0.3) is 33.6 Å². The second-order valence-electron chi connectivity index (χ2n) is 6.18. The molecular weight excluding hydrogens is 424 g/mol. The van der Waals surface area contributed by atoms with Gasteiger partial charge in [-0.1, -0.05) is 28.1 Å². The lowest BCUT2D eigenvalue weighted by atomic mass is 10.0. The molecule has 0 fully saturated rings. The van der Waals surface area contributed by atoms with E-state index in [4.69, 9.17) is 13.9 Å². The number of rotatable bonds is 4. The molecule has 7 heteroatoms. The highest BCUT2D eigenvalue weighted by Crippen LogP contribution is 2.41. The molecule has 0 saturated carbocycles. The fourth-order valence-electron chi connectivity index (χ4n) is 3.22. The number of halogens is 1. The molecule has 0 aliphatic rings. The third-order valence-corrected chi connectivity index (χ3v) is 5.10. The zero-order chi connectivity index (χ0) is 19.8. The summed E-state index contributed by atoms with van der Waals surface area (Å²) in [5.74, 6) is 1.39. The highest BCUT2D eigenvalue weighted by molar-refractivity contribution is 9.10. The van der Waals surface area contributed by atoms with Crippen LogP contribution in [0.3, 0.4) is 0 Å². The van der Waals surface area contributed by atoms with Gasteiger partial charge < -0.3 is 13.9 Å². The van der Waals surface area contributed by atoms with Crippen LogP contribution in [-0.2, 0) is 7.05 Å². The van der Waals surface area contributed by atoms with Crippen molar-refractivity contribution in [3.63, 3.8) is 0 Å². The lowest BCUT2D eigenvalue weighted by molar-refractivity contribution is 0.397. The summed E-state index contributed by atoms with van der Waals surface area (Å²) in [4.78, 5) is 13.0. The second kappa shape index (κ2) is 7.16. The lowest BCUT2D eigenvalue weighted by Gasteiger charge is -2.15. The normalized spacial score (nSPS) is 11.0. The van der Waals surface area contributed by atoms with Gasteiger partial charge in [-0.05, 0) is 18.2 Å². The monoisotopic (exact) mass is 440 g/mol. The summed E-state index contributed by atoms with van der Waals surface area (Å²) in [6.45, 7) is 0. The molecule has 0 radical (unpaired) electrons. The van der Waals surface area contributed by atoms with Crippen LogP contribution in [0.1, 0.15) is 0 Å². The van der Waals surface area contributed by atoms with E-state index in [0.717, 1.165) is 15.7 Å². The Morgan fingerprint density at radius 3 is 2.36 bits per heavy atom. The van der Waals surface area contributed by atoms with E-state index in [2.05, 4.69) is 21.0 Å². The highest BCUT2D eigenvalue weighted by atomic mass is 79.9. The maximum atomic E-state index is 13.0. The van der Waals surface area contributed by atoms with Gasteiger partial charge in [-0.2, -0.15) is 5.10 Å².